The average Bonchev–Trinajstić information content (AvgIpc) is 3.29. The number of rotatable bonds is 3. The number of pyridine rings is 1. The van der Waals surface area contributed by atoms with Gasteiger partial charge in [0.2, 0.25) is 5.88 Å². The lowest BCUT2D eigenvalue weighted by molar-refractivity contribution is 0.0894. The molecule has 4 heterocycles. The van der Waals surface area contributed by atoms with Crippen LogP contribution in [0.25, 0.3) is 0 Å². The van der Waals surface area contributed by atoms with Crippen LogP contribution in [-0.2, 0) is 4.74 Å². The SMILES string of the molecule is O=C(N1CCCC1)N1C[C@@H]2COC[C@]2(COc2ccccn2)C1. The number of carbonyl (C=O) groups excluding carboxylic acids is 1. The Morgan fingerprint density at radius 1 is 1.35 bits per heavy atom. The number of hydrogen-bond donors (Lipinski definition) is 0. The highest BCUT2D eigenvalue weighted by molar-refractivity contribution is 5.75. The Morgan fingerprint density at radius 3 is 3.00 bits per heavy atom. The zero-order valence-electron chi connectivity index (χ0n) is 13.3. The van der Waals surface area contributed by atoms with Gasteiger partial charge in [-0.25, -0.2) is 9.78 Å². The van der Waals surface area contributed by atoms with Crippen LogP contribution in [0.1, 0.15) is 12.8 Å². The summed E-state index contributed by atoms with van der Waals surface area (Å²) < 4.78 is 11.6. The molecular formula is C17H23N3O3. The smallest absolute Gasteiger partial charge is 0.320 e. The van der Waals surface area contributed by atoms with E-state index in [1.165, 1.54) is 0 Å². The van der Waals surface area contributed by atoms with Crippen LogP contribution in [0, 0.1) is 11.3 Å². The molecule has 1 aromatic heterocycles. The number of fused-ring (bicyclic) bond motifs is 1. The fourth-order valence-electron chi connectivity index (χ4n) is 3.94. The summed E-state index contributed by atoms with van der Waals surface area (Å²) in [7, 11) is 0. The molecule has 0 radical (unpaired) electrons. The molecule has 3 aliphatic rings. The van der Waals surface area contributed by atoms with Crippen molar-refractivity contribution in [2.75, 3.05) is 46.0 Å². The van der Waals surface area contributed by atoms with Gasteiger partial charge in [0.15, 0.2) is 0 Å². The van der Waals surface area contributed by atoms with E-state index >= 15 is 0 Å². The van der Waals surface area contributed by atoms with Gasteiger partial charge in [0.1, 0.15) is 0 Å². The Balaban J connectivity index is 1.43. The van der Waals surface area contributed by atoms with Crippen LogP contribution in [0.15, 0.2) is 24.4 Å². The Kier molecular flexibility index (Phi) is 3.85. The molecule has 6 heteroatoms. The third-order valence-corrected chi connectivity index (χ3v) is 5.31. The second-order valence-electron chi connectivity index (χ2n) is 6.89. The molecule has 0 spiro atoms. The molecule has 0 unspecified atom stereocenters. The average molecular weight is 317 g/mol. The van der Waals surface area contributed by atoms with Crippen molar-refractivity contribution >= 4 is 6.03 Å². The van der Waals surface area contributed by atoms with Gasteiger partial charge >= 0.3 is 6.03 Å². The Hall–Kier alpha value is -1.82. The van der Waals surface area contributed by atoms with Crippen LogP contribution < -0.4 is 4.74 Å². The largest absolute Gasteiger partial charge is 0.477 e. The molecule has 4 rings (SSSR count). The van der Waals surface area contributed by atoms with E-state index in [-0.39, 0.29) is 11.4 Å². The standard InChI is InChI=1S/C17H23N3O3/c21-16(19-7-3-4-8-19)20-9-14-10-22-12-17(14,11-20)13-23-15-5-1-2-6-18-15/h1-2,5-6,14H,3-4,7-13H2/t14-,17+/m1/s1. The van der Waals surface area contributed by atoms with Crippen molar-refractivity contribution < 1.29 is 14.3 Å². The lowest BCUT2D eigenvalue weighted by Gasteiger charge is -2.28. The molecule has 3 fully saturated rings. The summed E-state index contributed by atoms with van der Waals surface area (Å²) in [5, 5.41) is 0. The summed E-state index contributed by atoms with van der Waals surface area (Å²) >= 11 is 0. The molecule has 0 N–H and O–H groups in total. The van der Waals surface area contributed by atoms with Gasteiger partial charge in [0, 0.05) is 44.4 Å². The summed E-state index contributed by atoms with van der Waals surface area (Å²) in [5.41, 5.74) is -0.0904. The predicted octanol–water partition coefficient (Wildman–Crippen LogP) is 1.62. The number of hydrogen-bond acceptors (Lipinski definition) is 4. The quantitative estimate of drug-likeness (QED) is 0.850. The maximum Gasteiger partial charge on any atom is 0.320 e. The monoisotopic (exact) mass is 317 g/mol. The van der Waals surface area contributed by atoms with Crippen molar-refractivity contribution in [2.45, 2.75) is 12.8 Å². The van der Waals surface area contributed by atoms with Crippen molar-refractivity contribution in [1.29, 1.82) is 0 Å². The summed E-state index contributed by atoms with van der Waals surface area (Å²) in [6, 6.07) is 5.84. The number of amides is 2. The molecule has 23 heavy (non-hydrogen) atoms. The van der Waals surface area contributed by atoms with Crippen LogP contribution in [0.5, 0.6) is 5.88 Å². The second kappa shape index (κ2) is 6.00. The Morgan fingerprint density at radius 2 is 2.22 bits per heavy atom. The zero-order valence-corrected chi connectivity index (χ0v) is 13.3. The zero-order chi connectivity index (χ0) is 15.7. The van der Waals surface area contributed by atoms with Crippen LogP contribution >= 0.6 is 0 Å². The summed E-state index contributed by atoms with van der Waals surface area (Å²) in [5.74, 6) is 0.995. The molecule has 6 nitrogen and oxygen atoms in total. The number of ether oxygens (including phenoxy) is 2. The second-order valence-corrected chi connectivity index (χ2v) is 6.89. The van der Waals surface area contributed by atoms with E-state index in [2.05, 4.69) is 4.98 Å². The van der Waals surface area contributed by atoms with Crippen molar-refractivity contribution in [1.82, 2.24) is 14.8 Å². The minimum Gasteiger partial charge on any atom is -0.477 e. The number of urea groups is 1. The summed E-state index contributed by atoms with van der Waals surface area (Å²) in [4.78, 5) is 20.9. The number of likely N-dealkylation sites (tertiary alicyclic amines) is 2. The van der Waals surface area contributed by atoms with E-state index in [4.69, 9.17) is 9.47 Å². The first-order chi connectivity index (χ1) is 11.3. The van der Waals surface area contributed by atoms with Crippen LogP contribution in [0.3, 0.4) is 0 Å². The highest BCUT2D eigenvalue weighted by Gasteiger charge is 2.53. The van der Waals surface area contributed by atoms with E-state index < -0.39 is 0 Å². The van der Waals surface area contributed by atoms with Gasteiger partial charge in [-0.2, -0.15) is 0 Å². The third kappa shape index (κ3) is 2.76. The summed E-state index contributed by atoms with van der Waals surface area (Å²) in [6.07, 6.45) is 3.98. The van der Waals surface area contributed by atoms with Gasteiger partial charge in [0.05, 0.1) is 25.2 Å². The minimum absolute atomic E-state index is 0.0904. The molecule has 3 aliphatic heterocycles. The van der Waals surface area contributed by atoms with Gasteiger partial charge in [0.25, 0.3) is 0 Å². The molecule has 2 atom stereocenters. The van der Waals surface area contributed by atoms with Gasteiger partial charge in [-0.05, 0) is 18.9 Å². The van der Waals surface area contributed by atoms with Gasteiger partial charge in [-0.15, -0.1) is 0 Å². The van der Waals surface area contributed by atoms with Crippen molar-refractivity contribution in [3.63, 3.8) is 0 Å². The topological polar surface area (TPSA) is 54.9 Å². The molecule has 1 aromatic rings. The minimum atomic E-state index is -0.0904. The third-order valence-electron chi connectivity index (χ3n) is 5.31. The first kappa shape index (κ1) is 14.8. The maximum absolute atomic E-state index is 12.7. The van der Waals surface area contributed by atoms with Crippen LogP contribution in [-0.4, -0.2) is 66.8 Å². The van der Waals surface area contributed by atoms with Crippen LogP contribution in [0.4, 0.5) is 4.79 Å². The fraction of sp³-hybridized carbons (Fsp3) is 0.647. The lowest BCUT2D eigenvalue weighted by Crippen LogP contribution is -2.43. The number of aromatic nitrogens is 1. The highest BCUT2D eigenvalue weighted by Crippen LogP contribution is 2.42. The molecule has 3 saturated heterocycles. The Labute approximate surface area is 136 Å². The van der Waals surface area contributed by atoms with Crippen molar-refractivity contribution in [2.24, 2.45) is 11.3 Å². The van der Waals surface area contributed by atoms with Crippen molar-refractivity contribution in [3.8, 4) is 5.88 Å². The fourth-order valence-corrected chi connectivity index (χ4v) is 3.94. The van der Waals surface area contributed by atoms with Gasteiger partial charge in [-0.1, -0.05) is 6.07 Å². The molecule has 0 aromatic carbocycles. The van der Waals surface area contributed by atoms with Crippen LogP contribution in [0.2, 0.25) is 0 Å². The summed E-state index contributed by atoms with van der Waals surface area (Å²) in [6.45, 7) is 5.23. The Bertz CT molecular complexity index is 561. The van der Waals surface area contributed by atoms with E-state index in [0.29, 0.717) is 25.0 Å². The molecule has 0 bridgehead atoms. The molecule has 0 saturated carbocycles. The number of carbonyl (C=O) groups is 1. The van der Waals surface area contributed by atoms with E-state index in [9.17, 15) is 4.79 Å². The van der Waals surface area contributed by atoms with E-state index in [1.54, 1.807) is 6.20 Å². The molecular weight excluding hydrogens is 294 g/mol. The molecule has 124 valence electrons. The maximum atomic E-state index is 12.7. The molecule has 0 aliphatic carbocycles. The highest BCUT2D eigenvalue weighted by atomic mass is 16.5. The molecule has 2 amide bonds. The first-order valence-electron chi connectivity index (χ1n) is 8.42. The van der Waals surface area contributed by atoms with E-state index in [1.807, 2.05) is 28.0 Å². The first-order valence-corrected chi connectivity index (χ1v) is 8.42. The van der Waals surface area contributed by atoms with Gasteiger partial charge in [-0.3, -0.25) is 0 Å². The predicted molar refractivity (Wildman–Crippen MR) is 84.3 cm³/mol. The normalized spacial score (nSPS) is 29.8. The van der Waals surface area contributed by atoms with E-state index in [0.717, 1.165) is 45.6 Å². The lowest BCUT2D eigenvalue weighted by atomic mass is 9.82. The van der Waals surface area contributed by atoms with Crippen molar-refractivity contribution in [3.05, 3.63) is 24.4 Å². The number of nitrogens with zero attached hydrogens (tertiary/aromatic N) is 3. The van der Waals surface area contributed by atoms with Gasteiger partial charge < -0.3 is 19.3 Å².